The molecule has 25 heavy (non-hydrogen) atoms. The lowest BCUT2D eigenvalue weighted by Gasteiger charge is -1.90. The molecule has 0 aliphatic heterocycles. The van der Waals surface area contributed by atoms with Crippen LogP contribution in [0.25, 0.3) is 23.3 Å². The van der Waals surface area contributed by atoms with E-state index >= 15 is 0 Å². The first kappa shape index (κ1) is 25.7. The fraction of sp³-hybridized carbons (Fsp3) is 0.300. The largest absolute Gasteiger partial charge is 0.242 e. The van der Waals surface area contributed by atoms with Crippen LogP contribution in [0.1, 0.15) is 58.9 Å². The summed E-state index contributed by atoms with van der Waals surface area (Å²) < 4.78 is 0. The highest BCUT2D eigenvalue weighted by molar-refractivity contribution is 7.13. The van der Waals surface area contributed by atoms with E-state index in [2.05, 4.69) is 36.3 Å². The molecule has 2 aromatic rings. The second-order valence-corrected chi connectivity index (χ2v) is 6.87. The monoisotopic (exact) mass is 396 g/mol. The maximum atomic E-state index is 5.70. The Balaban J connectivity index is 0. The minimum absolute atomic E-state index is 0.476. The molecule has 2 nitrogen and oxygen atoms in total. The molecule has 0 N–H and O–H groups in total. The Morgan fingerprint density at radius 1 is 0.840 bits per heavy atom. The van der Waals surface area contributed by atoms with Crippen LogP contribution in [0.3, 0.4) is 0 Å². The summed E-state index contributed by atoms with van der Waals surface area (Å²) in [6.07, 6.45) is 5.30. The number of rotatable bonds is 4. The summed E-state index contributed by atoms with van der Waals surface area (Å²) in [6, 6.07) is 0. The first-order chi connectivity index (χ1) is 11.9. The van der Waals surface area contributed by atoms with Crippen LogP contribution in [0.15, 0.2) is 26.3 Å². The molecule has 0 amide bonds. The lowest BCUT2D eigenvalue weighted by Crippen LogP contribution is -1.78. The van der Waals surface area contributed by atoms with Crippen LogP contribution < -0.4 is 0 Å². The molecule has 0 aliphatic carbocycles. The van der Waals surface area contributed by atoms with Gasteiger partial charge in [-0.05, 0) is 32.1 Å². The van der Waals surface area contributed by atoms with Crippen molar-refractivity contribution in [2.24, 2.45) is 0 Å². The Hall–Kier alpha value is -1.49. The fourth-order valence-corrected chi connectivity index (χ4v) is 3.31. The molecule has 0 radical (unpaired) electrons. The molecule has 0 aromatic carbocycles. The molecule has 0 saturated heterocycles. The van der Waals surface area contributed by atoms with E-state index in [9.17, 15) is 0 Å². The number of hydrogen-bond donors (Lipinski definition) is 0. The molecule has 2 aromatic heterocycles. The van der Waals surface area contributed by atoms with Crippen LogP contribution in [-0.4, -0.2) is 9.97 Å². The summed E-state index contributed by atoms with van der Waals surface area (Å²) in [4.78, 5) is 10.5. The van der Waals surface area contributed by atoms with Crippen molar-refractivity contribution in [2.45, 2.75) is 41.5 Å². The van der Waals surface area contributed by atoms with Gasteiger partial charge in [-0.2, -0.15) is 0 Å². The van der Waals surface area contributed by atoms with E-state index in [4.69, 9.17) is 11.6 Å². The first-order valence-corrected chi connectivity index (χ1v) is 10.1. The predicted octanol–water partition coefficient (Wildman–Crippen LogP) is 8.09. The summed E-state index contributed by atoms with van der Waals surface area (Å²) >= 11 is 8.91. The summed E-state index contributed by atoms with van der Waals surface area (Å²) in [5.41, 5.74) is 1.70. The minimum atomic E-state index is 0.476. The number of thiazole rings is 2. The van der Waals surface area contributed by atoms with E-state index in [1.165, 1.54) is 0 Å². The van der Waals surface area contributed by atoms with Crippen molar-refractivity contribution in [1.82, 2.24) is 9.97 Å². The normalized spacial score (nSPS) is 8.44. The summed E-state index contributed by atoms with van der Waals surface area (Å²) in [5.74, 6) is 0. The fourth-order valence-electron chi connectivity index (χ4n) is 1.53. The second kappa shape index (κ2) is 14.8. The van der Waals surface area contributed by atoms with Crippen LogP contribution in [0.4, 0.5) is 0 Å². The lowest BCUT2D eigenvalue weighted by molar-refractivity contribution is 1.27. The molecular weight excluding hydrogens is 368 g/mol. The van der Waals surface area contributed by atoms with E-state index in [-0.39, 0.29) is 0 Å². The smallest absolute Gasteiger partial charge is 0.0995 e. The molecular formula is C20H29ClN2S2. The topological polar surface area (TPSA) is 25.8 Å². The van der Waals surface area contributed by atoms with Gasteiger partial charge in [-0.25, -0.2) is 9.97 Å². The van der Waals surface area contributed by atoms with Gasteiger partial charge in [0.1, 0.15) is 0 Å². The molecule has 0 aliphatic rings. The van der Waals surface area contributed by atoms with Crippen molar-refractivity contribution in [1.29, 1.82) is 0 Å². The molecule has 5 heteroatoms. The third kappa shape index (κ3) is 8.96. The predicted molar refractivity (Wildman–Crippen MR) is 122 cm³/mol. The van der Waals surface area contributed by atoms with Crippen molar-refractivity contribution >= 4 is 57.5 Å². The summed E-state index contributed by atoms with van der Waals surface area (Å²) in [6.45, 7) is 26.5. The van der Waals surface area contributed by atoms with Gasteiger partial charge >= 0.3 is 0 Å². The molecule has 0 spiro atoms. The van der Waals surface area contributed by atoms with Crippen molar-refractivity contribution in [3.8, 4) is 0 Å². The first-order valence-electron chi connectivity index (χ1n) is 8.09. The number of aromatic nitrogens is 2. The zero-order valence-electron chi connectivity index (χ0n) is 16.1. The van der Waals surface area contributed by atoms with Crippen LogP contribution in [-0.2, 0) is 0 Å². The van der Waals surface area contributed by atoms with Gasteiger partial charge in [0, 0.05) is 0 Å². The Morgan fingerprint density at radius 3 is 1.60 bits per heavy atom. The Morgan fingerprint density at radius 2 is 1.28 bits per heavy atom. The van der Waals surface area contributed by atoms with E-state index in [1.54, 1.807) is 34.8 Å². The molecule has 2 rings (SSSR count). The highest BCUT2D eigenvalue weighted by Crippen LogP contribution is 2.26. The third-order valence-corrected chi connectivity index (χ3v) is 4.50. The van der Waals surface area contributed by atoms with Crippen molar-refractivity contribution in [3.05, 3.63) is 57.5 Å². The Bertz CT molecular complexity index is 656. The standard InChI is InChI=1S/C8H8ClNS.C8H9NS.2C2H6/c1-4-7-8(5(2)9)10-6(3)11-7;1-4-7-8(5-2)10-6(3)9-7;2*1-2/h4H,1-2H2,3H3;4-5H,1-2H2,3H3;2*1-2H3. The van der Waals surface area contributed by atoms with Crippen LogP contribution in [0.2, 0.25) is 0 Å². The molecule has 0 saturated carbocycles. The van der Waals surface area contributed by atoms with Crippen molar-refractivity contribution in [2.75, 3.05) is 0 Å². The number of nitrogens with zero attached hydrogens (tertiary/aromatic N) is 2. The molecule has 0 unspecified atom stereocenters. The Kier molecular flexibility index (Phi) is 15.3. The van der Waals surface area contributed by atoms with Gasteiger partial charge in [-0.1, -0.05) is 65.6 Å². The van der Waals surface area contributed by atoms with E-state index in [1.807, 2.05) is 47.6 Å². The number of aryl methyl sites for hydroxylation is 2. The molecule has 2 heterocycles. The minimum Gasteiger partial charge on any atom is -0.242 e. The number of hydrogen-bond acceptors (Lipinski definition) is 4. The van der Waals surface area contributed by atoms with Crippen molar-refractivity contribution in [3.63, 3.8) is 0 Å². The maximum Gasteiger partial charge on any atom is 0.0995 e. The van der Waals surface area contributed by atoms with Gasteiger partial charge in [0.2, 0.25) is 0 Å². The van der Waals surface area contributed by atoms with Crippen molar-refractivity contribution < 1.29 is 0 Å². The lowest BCUT2D eigenvalue weighted by atomic mass is 10.3. The van der Waals surface area contributed by atoms with Gasteiger partial charge in [-0.15, -0.1) is 22.7 Å². The van der Waals surface area contributed by atoms with Crippen LogP contribution in [0.5, 0.6) is 0 Å². The SMILES string of the molecule is C=Cc1nc(C)sc1C=C.C=Cc1sc(C)nc1C(=C)Cl.CC.CC. The molecule has 138 valence electrons. The molecule has 0 fully saturated rings. The average Bonchev–Trinajstić information content (AvgIpc) is 3.20. The van der Waals surface area contributed by atoms with Gasteiger partial charge in [0.15, 0.2) is 0 Å². The highest BCUT2D eigenvalue weighted by Gasteiger charge is 2.06. The van der Waals surface area contributed by atoms with Gasteiger partial charge in [0.05, 0.1) is 36.2 Å². The Labute approximate surface area is 166 Å². The molecule has 0 atom stereocenters. The van der Waals surface area contributed by atoms with Crippen LogP contribution >= 0.6 is 34.3 Å². The average molecular weight is 397 g/mol. The van der Waals surface area contributed by atoms with E-state index < -0.39 is 0 Å². The van der Waals surface area contributed by atoms with Gasteiger partial charge in [0.25, 0.3) is 0 Å². The summed E-state index contributed by atoms with van der Waals surface area (Å²) in [5, 5.41) is 2.52. The summed E-state index contributed by atoms with van der Waals surface area (Å²) in [7, 11) is 0. The zero-order chi connectivity index (χ0) is 20.0. The second-order valence-electron chi connectivity index (χ2n) is 3.95. The highest BCUT2D eigenvalue weighted by atomic mass is 35.5. The van der Waals surface area contributed by atoms with Gasteiger partial charge in [-0.3, -0.25) is 0 Å². The third-order valence-electron chi connectivity index (χ3n) is 2.37. The van der Waals surface area contributed by atoms with E-state index in [0.717, 1.165) is 31.2 Å². The maximum absolute atomic E-state index is 5.70. The zero-order valence-corrected chi connectivity index (χ0v) is 18.5. The van der Waals surface area contributed by atoms with Gasteiger partial charge < -0.3 is 0 Å². The molecule has 0 bridgehead atoms. The number of halogens is 1. The van der Waals surface area contributed by atoms with Crippen LogP contribution in [0, 0.1) is 13.8 Å². The quantitative estimate of drug-likeness (QED) is 0.521. The van der Waals surface area contributed by atoms with E-state index in [0.29, 0.717) is 5.03 Å².